The molecular weight excluding hydrogens is 277 g/mol. The number of benzene rings is 1. The fraction of sp³-hybridized carbons (Fsp3) is 0.222. The van der Waals surface area contributed by atoms with Gasteiger partial charge >= 0.3 is 0 Å². The van der Waals surface area contributed by atoms with Gasteiger partial charge in [0, 0.05) is 17.1 Å². The Hall–Kier alpha value is -2.67. The van der Waals surface area contributed by atoms with Gasteiger partial charge in [-0.25, -0.2) is 14.4 Å². The minimum absolute atomic E-state index is 0.250. The van der Waals surface area contributed by atoms with Crippen LogP contribution in [-0.4, -0.2) is 15.0 Å². The average Bonchev–Trinajstić information content (AvgIpc) is 2.89. The second-order valence-electron chi connectivity index (χ2n) is 5.66. The SMILES string of the molecule is CC#Cc1cc2cnc(C(C)(C)c3ccccc3F)nc2[nH]1. The summed E-state index contributed by atoms with van der Waals surface area (Å²) in [5.41, 5.74) is 1.47. The summed E-state index contributed by atoms with van der Waals surface area (Å²) >= 11 is 0. The van der Waals surface area contributed by atoms with Crippen LogP contribution in [0.4, 0.5) is 4.39 Å². The van der Waals surface area contributed by atoms with E-state index in [1.54, 1.807) is 25.3 Å². The monoisotopic (exact) mass is 293 g/mol. The van der Waals surface area contributed by atoms with E-state index < -0.39 is 5.41 Å². The lowest BCUT2D eigenvalue weighted by Gasteiger charge is -2.23. The third kappa shape index (κ3) is 2.35. The predicted molar refractivity (Wildman–Crippen MR) is 85.0 cm³/mol. The molecule has 0 spiro atoms. The molecule has 0 atom stereocenters. The average molecular weight is 293 g/mol. The number of halogens is 1. The first-order chi connectivity index (χ1) is 10.5. The van der Waals surface area contributed by atoms with Crippen LogP contribution in [0.5, 0.6) is 0 Å². The number of hydrogen-bond acceptors (Lipinski definition) is 2. The Labute approximate surface area is 128 Å². The summed E-state index contributed by atoms with van der Waals surface area (Å²) in [4.78, 5) is 12.1. The molecule has 0 aliphatic heterocycles. The molecule has 2 aromatic heterocycles. The van der Waals surface area contributed by atoms with E-state index in [9.17, 15) is 4.39 Å². The van der Waals surface area contributed by atoms with Crippen LogP contribution < -0.4 is 0 Å². The van der Waals surface area contributed by atoms with Crippen molar-refractivity contribution in [1.29, 1.82) is 0 Å². The maximum Gasteiger partial charge on any atom is 0.142 e. The minimum atomic E-state index is -0.624. The summed E-state index contributed by atoms with van der Waals surface area (Å²) in [6.07, 6.45) is 1.75. The van der Waals surface area contributed by atoms with Gasteiger partial charge in [0.1, 0.15) is 17.3 Å². The Bertz CT molecular complexity index is 897. The number of nitrogens with one attached hydrogen (secondary N) is 1. The van der Waals surface area contributed by atoms with Crippen molar-refractivity contribution >= 4 is 11.0 Å². The fourth-order valence-electron chi connectivity index (χ4n) is 2.51. The molecule has 0 unspecified atom stereocenters. The molecule has 3 aromatic rings. The van der Waals surface area contributed by atoms with Gasteiger partial charge in [0.2, 0.25) is 0 Å². The van der Waals surface area contributed by atoms with Gasteiger partial charge in [-0.1, -0.05) is 24.1 Å². The van der Waals surface area contributed by atoms with E-state index in [2.05, 4.69) is 26.8 Å². The van der Waals surface area contributed by atoms with Crippen LogP contribution in [0.2, 0.25) is 0 Å². The number of hydrogen-bond donors (Lipinski definition) is 1. The Balaban J connectivity index is 2.12. The molecule has 0 fully saturated rings. The molecule has 0 aliphatic carbocycles. The third-order valence-electron chi connectivity index (χ3n) is 3.74. The molecule has 3 nitrogen and oxygen atoms in total. The summed E-state index contributed by atoms with van der Waals surface area (Å²) in [5, 5.41) is 0.894. The molecule has 2 heterocycles. The standard InChI is InChI=1S/C18H16FN3/c1-4-7-13-10-12-11-20-17(22-16(12)21-13)18(2,3)14-8-5-6-9-15(14)19/h5-6,8-11H,1-3H3,(H,20,21,22). The number of H-pyrrole nitrogens is 1. The maximum atomic E-state index is 14.1. The van der Waals surface area contributed by atoms with Gasteiger partial charge in [-0.15, -0.1) is 0 Å². The molecule has 1 N–H and O–H groups in total. The van der Waals surface area contributed by atoms with E-state index in [0.717, 1.165) is 11.1 Å². The highest BCUT2D eigenvalue weighted by Crippen LogP contribution is 2.31. The first kappa shape index (κ1) is 14.3. The molecule has 0 saturated carbocycles. The van der Waals surface area contributed by atoms with Crippen LogP contribution in [0.1, 0.15) is 37.9 Å². The molecule has 4 heteroatoms. The van der Waals surface area contributed by atoms with Crippen LogP contribution >= 0.6 is 0 Å². The van der Waals surface area contributed by atoms with Crippen LogP contribution in [0.25, 0.3) is 11.0 Å². The summed E-state index contributed by atoms with van der Waals surface area (Å²) in [5.74, 6) is 6.13. The molecule has 0 saturated heterocycles. The maximum absolute atomic E-state index is 14.1. The zero-order chi connectivity index (χ0) is 15.7. The van der Waals surface area contributed by atoms with E-state index >= 15 is 0 Å². The zero-order valence-electron chi connectivity index (χ0n) is 12.7. The van der Waals surface area contributed by atoms with E-state index in [4.69, 9.17) is 0 Å². The Morgan fingerprint density at radius 1 is 1.23 bits per heavy atom. The molecule has 0 amide bonds. The Morgan fingerprint density at radius 2 is 2.00 bits per heavy atom. The topological polar surface area (TPSA) is 41.6 Å². The van der Waals surface area contributed by atoms with Crippen LogP contribution in [0, 0.1) is 17.7 Å². The van der Waals surface area contributed by atoms with Crippen molar-refractivity contribution in [3.8, 4) is 11.8 Å². The van der Waals surface area contributed by atoms with Gasteiger partial charge in [-0.05, 0) is 38.8 Å². The second-order valence-corrected chi connectivity index (χ2v) is 5.66. The molecule has 110 valence electrons. The van der Waals surface area contributed by atoms with E-state index in [1.165, 1.54) is 6.07 Å². The van der Waals surface area contributed by atoms with Crippen LogP contribution in [0.15, 0.2) is 36.5 Å². The highest BCUT2D eigenvalue weighted by molar-refractivity contribution is 5.77. The molecular formula is C18H16FN3. The lowest BCUT2D eigenvalue weighted by atomic mass is 9.83. The molecule has 3 rings (SSSR count). The van der Waals surface area contributed by atoms with Crippen molar-refractivity contribution in [3.05, 3.63) is 59.4 Å². The Kier molecular flexibility index (Phi) is 3.42. The number of nitrogens with zero attached hydrogens (tertiary/aromatic N) is 2. The van der Waals surface area contributed by atoms with Crippen molar-refractivity contribution < 1.29 is 4.39 Å². The number of rotatable bonds is 2. The first-order valence-electron chi connectivity index (χ1n) is 7.06. The minimum Gasteiger partial charge on any atom is -0.333 e. The second kappa shape index (κ2) is 5.27. The summed E-state index contributed by atoms with van der Waals surface area (Å²) < 4.78 is 14.1. The largest absolute Gasteiger partial charge is 0.333 e. The van der Waals surface area contributed by atoms with E-state index in [0.29, 0.717) is 17.0 Å². The number of aromatic amines is 1. The van der Waals surface area contributed by atoms with Crippen LogP contribution in [0.3, 0.4) is 0 Å². The lowest BCUT2D eigenvalue weighted by Crippen LogP contribution is -2.23. The first-order valence-corrected chi connectivity index (χ1v) is 7.06. The summed E-state index contributed by atoms with van der Waals surface area (Å²) in [6.45, 7) is 5.62. The lowest BCUT2D eigenvalue weighted by molar-refractivity contribution is 0.528. The highest BCUT2D eigenvalue weighted by atomic mass is 19.1. The normalized spacial score (nSPS) is 11.3. The predicted octanol–water partition coefficient (Wildman–Crippen LogP) is 3.79. The Morgan fingerprint density at radius 3 is 2.73 bits per heavy atom. The number of aromatic nitrogens is 3. The summed E-state index contributed by atoms with van der Waals surface area (Å²) in [6, 6.07) is 8.64. The van der Waals surface area contributed by atoms with Gasteiger partial charge in [-0.2, -0.15) is 0 Å². The third-order valence-corrected chi connectivity index (χ3v) is 3.74. The summed E-state index contributed by atoms with van der Waals surface area (Å²) in [7, 11) is 0. The smallest absolute Gasteiger partial charge is 0.142 e. The van der Waals surface area contributed by atoms with Gasteiger partial charge in [-0.3, -0.25) is 0 Å². The van der Waals surface area contributed by atoms with Gasteiger partial charge in [0.05, 0.1) is 11.1 Å². The molecule has 0 aliphatic rings. The zero-order valence-corrected chi connectivity index (χ0v) is 12.7. The fourth-order valence-corrected chi connectivity index (χ4v) is 2.51. The van der Waals surface area contributed by atoms with E-state index in [-0.39, 0.29) is 5.82 Å². The quantitative estimate of drug-likeness (QED) is 0.730. The highest BCUT2D eigenvalue weighted by Gasteiger charge is 2.29. The van der Waals surface area contributed by atoms with Crippen LogP contribution in [-0.2, 0) is 5.41 Å². The van der Waals surface area contributed by atoms with Gasteiger partial charge < -0.3 is 4.98 Å². The van der Waals surface area contributed by atoms with Crippen molar-refractivity contribution in [2.75, 3.05) is 0 Å². The van der Waals surface area contributed by atoms with Crippen molar-refractivity contribution in [1.82, 2.24) is 15.0 Å². The molecule has 0 bridgehead atoms. The van der Waals surface area contributed by atoms with Crippen molar-refractivity contribution in [2.45, 2.75) is 26.2 Å². The molecule has 0 radical (unpaired) electrons. The van der Waals surface area contributed by atoms with E-state index in [1.807, 2.05) is 26.0 Å². The van der Waals surface area contributed by atoms with Crippen molar-refractivity contribution in [2.24, 2.45) is 0 Å². The van der Waals surface area contributed by atoms with Gasteiger partial charge in [0.25, 0.3) is 0 Å². The number of fused-ring (bicyclic) bond motifs is 1. The van der Waals surface area contributed by atoms with Crippen molar-refractivity contribution in [3.63, 3.8) is 0 Å². The molecule has 1 aromatic carbocycles. The molecule has 22 heavy (non-hydrogen) atoms. The van der Waals surface area contributed by atoms with Gasteiger partial charge in [0.15, 0.2) is 0 Å².